The number of anilines is 1. The molecule has 21 heavy (non-hydrogen) atoms. The van der Waals surface area contributed by atoms with Crippen LogP contribution in [0.1, 0.15) is 16.8 Å². The summed E-state index contributed by atoms with van der Waals surface area (Å²) in [4.78, 5) is 8.38. The smallest absolute Gasteiger partial charge is 0.357 e. The summed E-state index contributed by atoms with van der Waals surface area (Å²) in [6.45, 7) is 3.88. The summed E-state index contributed by atoms with van der Waals surface area (Å²) >= 11 is 1.19. The molecule has 0 radical (unpaired) electrons. The zero-order chi connectivity index (χ0) is 15.6. The van der Waals surface area contributed by atoms with E-state index in [9.17, 15) is 13.2 Å². The number of rotatable bonds is 3. The highest BCUT2D eigenvalue weighted by molar-refractivity contribution is 7.99. The van der Waals surface area contributed by atoms with Crippen LogP contribution in [-0.4, -0.2) is 17.0 Å². The Hall–Kier alpha value is -1.76. The highest BCUT2D eigenvalue weighted by Crippen LogP contribution is 2.34. The molecule has 1 N–H and O–H groups in total. The monoisotopic (exact) mass is 313 g/mol. The maximum atomic E-state index is 12.8. The highest BCUT2D eigenvalue weighted by atomic mass is 32.2. The predicted octanol–water partition coefficient (Wildman–Crippen LogP) is 4.31. The quantitative estimate of drug-likeness (QED) is 0.857. The summed E-state index contributed by atoms with van der Waals surface area (Å²) < 4.78 is 38.5. The van der Waals surface area contributed by atoms with E-state index in [1.807, 2.05) is 32.0 Å². The molecule has 0 fully saturated rings. The van der Waals surface area contributed by atoms with Crippen molar-refractivity contribution in [1.29, 1.82) is 0 Å². The lowest BCUT2D eigenvalue weighted by atomic mass is 10.2. The molecule has 7 heteroatoms. The number of aromatic nitrogens is 2. The number of hydrogen-bond donors (Lipinski definition) is 1. The molecule has 0 aliphatic rings. The van der Waals surface area contributed by atoms with Gasteiger partial charge in [0, 0.05) is 18.0 Å². The highest BCUT2D eigenvalue weighted by Gasteiger charge is 2.33. The van der Waals surface area contributed by atoms with Crippen molar-refractivity contribution in [2.75, 3.05) is 12.4 Å². The maximum absolute atomic E-state index is 12.8. The summed E-state index contributed by atoms with van der Waals surface area (Å²) in [5.74, 6) is -0.0444. The van der Waals surface area contributed by atoms with E-state index < -0.39 is 11.9 Å². The topological polar surface area (TPSA) is 37.8 Å². The van der Waals surface area contributed by atoms with Crippen LogP contribution in [0.2, 0.25) is 0 Å². The van der Waals surface area contributed by atoms with Gasteiger partial charge in [-0.3, -0.25) is 0 Å². The molecule has 0 bridgehead atoms. The number of hydrogen-bond acceptors (Lipinski definition) is 4. The van der Waals surface area contributed by atoms with Crippen molar-refractivity contribution >= 4 is 17.7 Å². The molecule has 0 amide bonds. The van der Waals surface area contributed by atoms with E-state index in [1.165, 1.54) is 18.8 Å². The normalized spacial score (nSPS) is 11.5. The van der Waals surface area contributed by atoms with Crippen molar-refractivity contribution < 1.29 is 13.2 Å². The van der Waals surface area contributed by atoms with Crippen LogP contribution in [-0.2, 0) is 6.18 Å². The van der Waals surface area contributed by atoms with Crippen LogP contribution in [0.15, 0.2) is 34.2 Å². The van der Waals surface area contributed by atoms with Crippen molar-refractivity contribution in [2.45, 2.75) is 29.9 Å². The third-order valence-corrected chi connectivity index (χ3v) is 3.86. The lowest BCUT2D eigenvalue weighted by Crippen LogP contribution is -2.11. The molecule has 2 rings (SSSR count). The van der Waals surface area contributed by atoms with Gasteiger partial charge in [0.15, 0.2) is 5.69 Å². The lowest BCUT2D eigenvalue weighted by Gasteiger charge is -2.11. The Labute approximate surface area is 125 Å². The summed E-state index contributed by atoms with van der Waals surface area (Å²) in [6, 6.07) is 6.74. The first-order chi connectivity index (χ1) is 9.79. The molecule has 0 aliphatic heterocycles. The van der Waals surface area contributed by atoms with E-state index in [0.29, 0.717) is 0 Å². The van der Waals surface area contributed by atoms with E-state index >= 15 is 0 Å². The van der Waals surface area contributed by atoms with E-state index in [1.54, 1.807) is 0 Å². The van der Waals surface area contributed by atoms with Crippen molar-refractivity contribution in [2.24, 2.45) is 0 Å². The molecule has 1 aromatic heterocycles. The van der Waals surface area contributed by atoms with Gasteiger partial charge in [-0.2, -0.15) is 13.2 Å². The van der Waals surface area contributed by atoms with Gasteiger partial charge in [0.2, 0.25) is 5.95 Å². The van der Waals surface area contributed by atoms with Crippen LogP contribution in [0, 0.1) is 13.8 Å². The molecular weight excluding hydrogens is 299 g/mol. The zero-order valence-electron chi connectivity index (χ0n) is 11.7. The molecular formula is C14H14F3N3S. The predicted molar refractivity (Wildman–Crippen MR) is 76.6 cm³/mol. The average molecular weight is 313 g/mol. The first kappa shape index (κ1) is 15.6. The molecule has 0 spiro atoms. The fraction of sp³-hybridized carbons (Fsp3) is 0.286. The molecule has 0 saturated heterocycles. The molecule has 2 aromatic rings. The zero-order valence-corrected chi connectivity index (χ0v) is 12.6. The van der Waals surface area contributed by atoms with Gasteiger partial charge in [0.1, 0.15) is 5.03 Å². The number of nitrogens with zero attached hydrogens (tertiary/aromatic N) is 2. The summed E-state index contributed by atoms with van der Waals surface area (Å²) in [5.41, 5.74) is 1.15. The number of benzene rings is 1. The average Bonchev–Trinajstić information content (AvgIpc) is 2.40. The van der Waals surface area contributed by atoms with Crippen molar-refractivity contribution in [3.05, 3.63) is 41.1 Å². The Morgan fingerprint density at radius 3 is 2.38 bits per heavy atom. The maximum Gasteiger partial charge on any atom is 0.433 e. The van der Waals surface area contributed by atoms with Gasteiger partial charge in [0.05, 0.1) is 0 Å². The second kappa shape index (κ2) is 5.93. The first-order valence-electron chi connectivity index (χ1n) is 6.19. The Balaban J connectivity index is 2.39. The Morgan fingerprint density at radius 1 is 1.10 bits per heavy atom. The van der Waals surface area contributed by atoms with Gasteiger partial charge >= 0.3 is 6.18 Å². The van der Waals surface area contributed by atoms with Crippen molar-refractivity contribution in [3.8, 4) is 0 Å². The van der Waals surface area contributed by atoms with Crippen LogP contribution < -0.4 is 5.32 Å². The van der Waals surface area contributed by atoms with Gasteiger partial charge < -0.3 is 5.32 Å². The molecule has 0 atom stereocenters. The number of aryl methyl sites for hydroxylation is 2. The third kappa shape index (κ3) is 3.87. The fourth-order valence-electron chi connectivity index (χ4n) is 1.76. The summed E-state index contributed by atoms with van der Waals surface area (Å²) in [6.07, 6.45) is -4.49. The first-order valence-corrected chi connectivity index (χ1v) is 7.00. The van der Waals surface area contributed by atoms with Crippen LogP contribution in [0.25, 0.3) is 0 Å². The number of nitrogens with one attached hydrogen (secondary N) is 1. The largest absolute Gasteiger partial charge is 0.433 e. The van der Waals surface area contributed by atoms with Crippen LogP contribution in [0.5, 0.6) is 0 Å². The van der Waals surface area contributed by atoms with E-state index in [0.717, 1.165) is 22.1 Å². The van der Waals surface area contributed by atoms with Gasteiger partial charge in [-0.1, -0.05) is 29.5 Å². The second-order valence-corrected chi connectivity index (χ2v) is 5.60. The second-order valence-electron chi connectivity index (χ2n) is 4.53. The SMILES string of the molecule is CNc1nc(Sc2ccc(C)cc2C)cc(C(F)(F)F)n1. The molecule has 1 heterocycles. The van der Waals surface area contributed by atoms with Gasteiger partial charge in [0.25, 0.3) is 0 Å². The van der Waals surface area contributed by atoms with Crippen LogP contribution >= 0.6 is 11.8 Å². The van der Waals surface area contributed by atoms with Gasteiger partial charge in [-0.15, -0.1) is 0 Å². The number of alkyl halides is 3. The molecule has 0 unspecified atom stereocenters. The Morgan fingerprint density at radius 2 is 1.81 bits per heavy atom. The third-order valence-electron chi connectivity index (χ3n) is 2.76. The summed E-state index contributed by atoms with van der Waals surface area (Å²) in [5, 5.41) is 2.81. The van der Waals surface area contributed by atoms with Crippen LogP contribution in [0.4, 0.5) is 19.1 Å². The minimum atomic E-state index is -4.49. The van der Waals surface area contributed by atoms with E-state index in [-0.39, 0.29) is 11.0 Å². The molecule has 112 valence electrons. The minimum absolute atomic E-state index is 0.0444. The molecule has 0 saturated carbocycles. The lowest BCUT2D eigenvalue weighted by molar-refractivity contribution is -0.141. The minimum Gasteiger partial charge on any atom is -0.357 e. The molecule has 0 aliphatic carbocycles. The standard InChI is InChI=1S/C14H14F3N3S/c1-8-4-5-10(9(2)6-8)21-12-7-11(14(15,16)17)19-13(18-3)20-12/h4-7H,1-3H3,(H,18,19,20). The Kier molecular flexibility index (Phi) is 4.41. The van der Waals surface area contributed by atoms with Crippen molar-refractivity contribution in [1.82, 2.24) is 9.97 Å². The van der Waals surface area contributed by atoms with E-state index in [4.69, 9.17) is 0 Å². The van der Waals surface area contributed by atoms with Gasteiger partial charge in [-0.05, 0) is 25.5 Å². The van der Waals surface area contributed by atoms with Crippen LogP contribution in [0.3, 0.4) is 0 Å². The van der Waals surface area contributed by atoms with Crippen molar-refractivity contribution in [3.63, 3.8) is 0 Å². The Bertz CT molecular complexity index is 656. The van der Waals surface area contributed by atoms with Gasteiger partial charge in [-0.25, -0.2) is 9.97 Å². The molecule has 1 aromatic carbocycles. The number of halogens is 3. The molecule has 3 nitrogen and oxygen atoms in total. The summed E-state index contributed by atoms with van der Waals surface area (Å²) in [7, 11) is 1.49. The fourth-order valence-corrected chi connectivity index (χ4v) is 2.64. The van der Waals surface area contributed by atoms with E-state index in [2.05, 4.69) is 15.3 Å².